The van der Waals surface area contributed by atoms with E-state index in [9.17, 15) is 36.3 Å². The Kier molecular flexibility index (Phi) is 5.16. The zero-order chi connectivity index (χ0) is 19.9. The summed E-state index contributed by atoms with van der Waals surface area (Å²) in [7, 11) is 0. The molecule has 3 rings (SSSR count). The summed E-state index contributed by atoms with van der Waals surface area (Å²) in [5.41, 5.74) is -1.47. The van der Waals surface area contributed by atoms with Crippen LogP contribution in [-0.2, 0) is 14.4 Å². The molecule has 3 amide bonds. The summed E-state index contributed by atoms with van der Waals surface area (Å²) in [4.78, 5) is 37.3. The molecule has 10 heteroatoms. The number of rotatable bonds is 4. The van der Waals surface area contributed by atoms with Gasteiger partial charge in [-0.15, -0.1) is 0 Å². The maximum atomic E-state index is 13.6. The average Bonchev–Trinajstić information content (AvgIpc) is 2.91. The van der Waals surface area contributed by atoms with Gasteiger partial charge in [-0.3, -0.25) is 19.3 Å². The zero-order valence-corrected chi connectivity index (χ0v) is 14.0. The van der Waals surface area contributed by atoms with Gasteiger partial charge >= 0.3 is 0 Å². The molecule has 0 spiro atoms. The van der Waals surface area contributed by atoms with Crippen molar-refractivity contribution >= 4 is 23.4 Å². The number of benzene rings is 1. The molecule has 146 valence electrons. The molecule has 2 aliphatic rings. The van der Waals surface area contributed by atoms with Crippen molar-refractivity contribution in [2.45, 2.75) is 32.1 Å². The quantitative estimate of drug-likeness (QED) is 0.372. The summed E-state index contributed by atoms with van der Waals surface area (Å²) in [6.45, 7) is -0.327. The highest BCUT2D eigenvalue weighted by atomic mass is 19.2. The highest BCUT2D eigenvalue weighted by molar-refractivity contribution is 6.05. The van der Waals surface area contributed by atoms with E-state index in [1.165, 1.54) is 0 Å². The monoisotopic (exact) mass is 390 g/mol. The number of amides is 3. The molecule has 0 aromatic heterocycles. The van der Waals surface area contributed by atoms with Gasteiger partial charge < -0.3 is 5.32 Å². The van der Waals surface area contributed by atoms with E-state index in [2.05, 4.69) is 0 Å². The standard InChI is InChI=1S/C17H15F5N2O3/c18-10-11(19)13(21)15(14(22)12(10)20)23-9(25)5-6-24-16(26)7-3-1-2-4-8(7)17(24)27/h7-8H,1-6H2,(H,23,25). The van der Waals surface area contributed by atoms with Crippen molar-refractivity contribution < 1.29 is 36.3 Å². The van der Waals surface area contributed by atoms with E-state index in [-0.39, 0.29) is 6.54 Å². The maximum absolute atomic E-state index is 13.6. The fourth-order valence-electron chi connectivity index (χ4n) is 3.58. The van der Waals surface area contributed by atoms with Crippen molar-refractivity contribution in [3.63, 3.8) is 0 Å². The van der Waals surface area contributed by atoms with Crippen LogP contribution in [0.5, 0.6) is 0 Å². The minimum Gasteiger partial charge on any atom is -0.321 e. The van der Waals surface area contributed by atoms with Gasteiger partial charge in [-0.25, -0.2) is 22.0 Å². The number of carbonyl (C=O) groups is 3. The first kappa shape index (κ1) is 19.2. The number of anilines is 1. The number of fused-ring (bicyclic) bond motifs is 1. The van der Waals surface area contributed by atoms with E-state index >= 15 is 0 Å². The van der Waals surface area contributed by atoms with E-state index in [1.54, 1.807) is 5.32 Å². The molecule has 2 atom stereocenters. The molecule has 1 heterocycles. The van der Waals surface area contributed by atoms with Crippen molar-refractivity contribution in [3.8, 4) is 0 Å². The van der Waals surface area contributed by atoms with E-state index in [4.69, 9.17) is 0 Å². The van der Waals surface area contributed by atoms with Gasteiger partial charge in [0.05, 0.1) is 11.8 Å². The second-order valence-corrected chi connectivity index (χ2v) is 6.57. The Balaban J connectivity index is 1.68. The third-order valence-corrected chi connectivity index (χ3v) is 4.97. The summed E-state index contributed by atoms with van der Waals surface area (Å²) in [5, 5.41) is 1.62. The van der Waals surface area contributed by atoms with Crippen LogP contribution in [0.4, 0.5) is 27.6 Å². The van der Waals surface area contributed by atoms with Crippen LogP contribution in [0.1, 0.15) is 32.1 Å². The second-order valence-electron chi connectivity index (χ2n) is 6.57. The lowest BCUT2D eigenvalue weighted by Gasteiger charge is -2.19. The number of nitrogens with zero attached hydrogens (tertiary/aromatic N) is 1. The van der Waals surface area contributed by atoms with Crippen molar-refractivity contribution in [1.29, 1.82) is 0 Å². The predicted molar refractivity (Wildman–Crippen MR) is 81.6 cm³/mol. The molecule has 0 bridgehead atoms. The lowest BCUT2D eigenvalue weighted by Crippen LogP contribution is -2.34. The smallest absolute Gasteiger partial charge is 0.233 e. The van der Waals surface area contributed by atoms with Gasteiger partial charge in [0.25, 0.3) is 0 Å². The van der Waals surface area contributed by atoms with E-state index in [1.807, 2.05) is 0 Å². The van der Waals surface area contributed by atoms with Crippen LogP contribution in [0, 0.1) is 40.9 Å². The number of halogens is 5. The van der Waals surface area contributed by atoms with Crippen LogP contribution in [0.3, 0.4) is 0 Å². The lowest BCUT2D eigenvalue weighted by molar-refractivity contribution is -0.140. The van der Waals surface area contributed by atoms with Gasteiger partial charge in [-0.1, -0.05) is 12.8 Å². The SMILES string of the molecule is O=C(CCN1C(=O)C2CCCCC2C1=O)Nc1c(F)c(F)c(F)c(F)c1F. The van der Waals surface area contributed by atoms with Crippen molar-refractivity contribution in [2.24, 2.45) is 11.8 Å². The molecule has 1 aromatic carbocycles. The first-order chi connectivity index (χ1) is 12.7. The number of hydrogen-bond acceptors (Lipinski definition) is 3. The topological polar surface area (TPSA) is 66.5 Å². The largest absolute Gasteiger partial charge is 0.321 e. The van der Waals surface area contributed by atoms with E-state index in [0.717, 1.165) is 17.7 Å². The Hall–Kier alpha value is -2.52. The molecule has 27 heavy (non-hydrogen) atoms. The first-order valence-electron chi connectivity index (χ1n) is 8.40. The molecule has 1 N–H and O–H groups in total. The van der Waals surface area contributed by atoms with Gasteiger partial charge in [0.2, 0.25) is 23.5 Å². The molecular formula is C17H15F5N2O3. The summed E-state index contributed by atoms with van der Waals surface area (Å²) in [5.74, 6) is -13.7. The van der Waals surface area contributed by atoms with Crippen LogP contribution in [-0.4, -0.2) is 29.2 Å². The normalized spacial score (nSPS) is 22.2. The minimum atomic E-state index is -2.33. The highest BCUT2D eigenvalue weighted by Gasteiger charge is 2.47. The number of likely N-dealkylation sites (tertiary alicyclic amines) is 1. The number of imide groups is 1. The zero-order valence-electron chi connectivity index (χ0n) is 14.0. The van der Waals surface area contributed by atoms with Crippen molar-refractivity contribution in [3.05, 3.63) is 29.1 Å². The summed E-state index contributed by atoms with van der Waals surface area (Å²) in [6.07, 6.45) is 2.30. The van der Waals surface area contributed by atoms with E-state index in [0.29, 0.717) is 12.8 Å². The predicted octanol–water partition coefficient (Wildman–Crippen LogP) is 2.89. The molecule has 2 fully saturated rings. The van der Waals surface area contributed by atoms with Gasteiger partial charge in [0.15, 0.2) is 23.3 Å². The van der Waals surface area contributed by atoms with Gasteiger partial charge in [-0.05, 0) is 12.8 Å². The molecule has 1 aromatic rings. The highest BCUT2D eigenvalue weighted by Crippen LogP contribution is 2.38. The van der Waals surface area contributed by atoms with Gasteiger partial charge in [0, 0.05) is 13.0 Å². The third-order valence-electron chi connectivity index (χ3n) is 4.97. The molecule has 1 aliphatic heterocycles. The Morgan fingerprint density at radius 1 is 0.852 bits per heavy atom. The van der Waals surface area contributed by atoms with Crippen LogP contribution in [0.15, 0.2) is 0 Å². The fraction of sp³-hybridized carbons (Fsp3) is 0.471. The molecule has 1 saturated heterocycles. The Morgan fingerprint density at radius 2 is 1.30 bits per heavy atom. The Labute approximate surface area is 150 Å². The van der Waals surface area contributed by atoms with E-state index < -0.39 is 70.8 Å². The molecule has 2 unspecified atom stereocenters. The van der Waals surface area contributed by atoms with Crippen molar-refractivity contribution in [2.75, 3.05) is 11.9 Å². The Morgan fingerprint density at radius 3 is 1.78 bits per heavy atom. The molecule has 0 radical (unpaired) electrons. The second kappa shape index (κ2) is 7.24. The van der Waals surface area contributed by atoms with Crippen molar-refractivity contribution in [1.82, 2.24) is 4.90 Å². The number of nitrogens with one attached hydrogen (secondary N) is 1. The molecule has 1 aliphatic carbocycles. The van der Waals surface area contributed by atoms with Gasteiger partial charge in [-0.2, -0.15) is 0 Å². The van der Waals surface area contributed by atoms with Crippen LogP contribution < -0.4 is 5.32 Å². The molecule has 5 nitrogen and oxygen atoms in total. The minimum absolute atomic E-state index is 0.327. The number of carbonyl (C=O) groups excluding carboxylic acids is 3. The van der Waals surface area contributed by atoms with Crippen LogP contribution in [0.2, 0.25) is 0 Å². The summed E-state index contributed by atoms with van der Waals surface area (Å²) >= 11 is 0. The Bertz CT molecular complexity index is 776. The van der Waals surface area contributed by atoms with Crippen LogP contribution >= 0.6 is 0 Å². The average molecular weight is 390 g/mol. The fourth-order valence-corrected chi connectivity index (χ4v) is 3.58. The maximum Gasteiger partial charge on any atom is 0.233 e. The molecule has 1 saturated carbocycles. The third kappa shape index (κ3) is 3.28. The lowest BCUT2D eigenvalue weighted by atomic mass is 9.81. The first-order valence-corrected chi connectivity index (χ1v) is 8.40. The summed E-state index contributed by atoms with van der Waals surface area (Å²) in [6, 6.07) is 0. The summed E-state index contributed by atoms with van der Waals surface area (Å²) < 4.78 is 66.4. The van der Waals surface area contributed by atoms with Gasteiger partial charge in [0.1, 0.15) is 5.69 Å². The molecular weight excluding hydrogens is 375 g/mol. The number of hydrogen-bond donors (Lipinski definition) is 1. The van der Waals surface area contributed by atoms with Crippen LogP contribution in [0.25, 0.3) is 0 Å².